The maximum Gasteiger partial charge on any atom is 0.253 e. The van der Waals surface area contributed by atoms with Gasteiger partial charge in [-0.15, -0.1) is 0 Å². The Morgan fingerprint density at radius 3 is 2.40 bits per heavy atom. The zero-order chi connectivity index (χ0) is 11.6. The highest BCUT2D eigenvalue weighted by molar-refractivity contribution is 7.72. The number of amides is 1. The molecule has 0 N–H and O–H groups in total. The van der Waals surface area contributed by atoms with Crippen molar-refractivity contribution in [3.63, 3.8) is 0 Å². The van der Waals surface area contributed by atoms with Crippen molar-refractivity contribution in [2.24, 2.45) is 0 Å². The maximum atomic E-state index is 11.5. The van der Waals surface area contributed by atoms with E-state index in [2.05, 4.69) is 0 Å². The minimum atomic E-state index is -2.78. The van der Waals surface area contributed by atoms with Crippen LogP contribution in [-0.2, 0) is 10.7 Å². The van der Waals surface area contributed by atoms with Gasteiger partial charge < -0.3 is 4.90 Å². The molecule has 0 aliphatic carbocycles. The molecule has 1 amide bonds. The number of rotatable bonds is 2. The lowest BCUT2D eigenvalue weighted by Gasteiger charge is -2.10. The quantitative estimate of drug-likeness (QED) is 0.794. The molecule has 6 heteroatoms. The Morgan fingerprint density at radius 1 is 1.33 bits per heavy atom. The van der Waals surface area contributed by atoms with Crippen molar-refractivity contribution in [3.8, 4) is 0 Å². The van der Waals surface area contributed by atoms with E-state index >= 15 is 0 Å². The second kappa shape index (κ2) is 4.63. The molecule has 0 atom stereocenters. The van der Waals surface area contributed by atoms with Gasteiger partial charge in [0.15, 0.2) is 10.7 Å². The van der Waals surface area contributed by atoms with Crippen molar-refractivity contribution in [1.82, 2.24) is 4.90 Å². The van der Waals surface area contributed by atoms with Crippen LogP contribution >= 0.6 is 11.6 Å². The summed E-state index contributed by atoms with van der Waals surface area (Å²) in [5.74, 6) is -0.259. The molecule has 0 saturated heterocycles. The summed E-state index contributed by atoms with van der Waals surface area (Å²) in [4.78, 5) is 12.9. The SMILES string of the molecule is CN(C)C(=O)c1ccc(Cl)c([SH](=O)=O)c1. The van der Waals surface area contributed by atoms with Crippen LogP contribution in [0.5, 0.6) is 0 Å². The van der Waals surface area contributed by atoms with E-state index < -0.39 is 10.7 Å². The van der Waals surface area contributed by atoms with E-state index in [-0.39, 0.29) is 15.8 Å². The summed E-state index contributed by atoms with van der Waals surface area (Å²) in [5, 5.41) is 0.126. The number of thiol groups is 1. The first-order valence-electron chi connectivity index (χ1n) is 4.09. The monoisotopic (exact) mass is 247 g/mol. The van der Waals surface area contributed by atoms with E-state index in [1.54, 1.807) is 14.1 Å². The summed E-state index contributed by atoms with van der Waals surface area (Å²) < 4.78 is 21.6. The molecule has 4 nitrogen and oxygen atoms in total. The summed E-state index contributed by atoms with van der Waals surface area (Å²) in [6.45, 7) is 0. The molecule has 1 rings (SSSR count). The van der Waals surface area contributed by atoms with Gasteiger partial charge in [0.25, 0.3) is 5.91 Å². The lowest BCUT2D eigenvalue weighted by Crippen LogP contribution is -2.21. The first-order valence-corrected chi connectivity index (χ1v) is 5.64. The van der Waals surface area contributed by atoms with Crippen LogP contribution in [0.4, 0.5) is 0 Å². The lowest BCUT2D eigenvalue weighted by molar-refractivity contribution is 0.0827. The molecule has 1 aromatic carbocycles. The van der Waals surface area contributed by atoms with Crippen molar-refractivity contribution in [2.75, 3.05) is 14.1 Å². The Morgan fingerprint density at radius 2 is 1.93 bits per heavy atom. The topological polar surface area (TPSA) is 54.5 Å². The van der Waals surface area contributed by atoms with Crippen LogP contribution in [-0.4, -0.2) is 33.3 Å². The van der Waals surface area contributed by atoms with Gasteiger partial charge in [0.05, 0.1) is 9.92 Å². The summed E-state index contributed by atoms with van der Waals surface area (Å²) in [6, 6.07) is 4.17. The van der Waals surface area contributed by atoms with E-state index in [0.717, 1.165) is 0 Å². The second-order valence-electron chi connectivity index (χ2n) is 3.12. The first kappa shape index (κ1) is 12.0. The normalized spacial score (nSPS) is 10.4. The fraction of sp³-hybridized carbons (Fsp3) is 0.222. The van der Waals surface area contributed by atoms with Crippen LogP contribution < -0.4 is 0 Å². The molecular weight excluding hydrogens is 238 g/mol. The molecule has 0 aliphatic rings. The Labute approximate surface area is 94.4 Å². The van der Waals surface area contributed by atoms with Gasteiger partial charge in [-0.05, 0) is 18.2 Å². The van der Waals surface area contributed by atoms with Crippen molar-refractivity contribution < 1.29 is 13.2 Å². The summed E-state index contributed by atoms with van der Waals surface area (Å²) >= 11 is 5.67. The molecular formula is C9H10ClNO3S. The standard InChI is InChI=1S/C9H10ClNO3S/c1-11(2)9(12)6-3-4-7(10)8(5-6)15(13)14/h3-5,15H,1-2H3. The van der Waals surface area contributed by atoms with Crippen molar-refractivity contribution >= 4 is 28.2 Å². The molecule has 0 spiro atoms. The molecule has 0 unspecified atom stereocenters. The summed E-state index contributed by atoms with van der Waals surface area (Å²) in [6.07, 6.45) is 0. The van der Waals surface area contributed by atoms with Crippen LogP contribution in [0, 0.1) is 0 Å². The lowest BCUT2D eigenvalue weighted by atomic mass is 10.2. The maximum absolute atomic E-state index is 11.5. The number of carbonyl (C=O) groups is 1. The molecule has 1 aromatic rings. The van der Waals surface area contributed by atoms with Gasteiger partial charge in [-0.3, -0.25) is 4.79 Å². The van der Waals surface area contributed by atoms with Gasteiger partial charge >= 0.3 is 0 Å². The van der Waals surface area contributed by atoms with E-state index in [1.807, 2.05) is 0 Å². The average Bonchev–Trinajstić information content (AvgIpc) is 2.16. The van der Waals surface area contributed by atoms with Crippen molar-refractivity contribution in [1.29, 1.82) is 0 Å². The highest BCUT2D eigenvalue weighted by atomic mass is 35.5. The molecule has 0 radical (unpaired) electrons. The predicted octanol–water partition coefficient (Wildman–Crippen LogP) is 1.01. The molecule has 0 aliphatic heterocycles. The smallest absolute Gasteiger partial charge is 0.253 e. The van der Waals surface area contributed by atoms with Crippen molar-refractivity contribution in [2.45, 2.75) is 4.90 Å². The number of hydrogen-bond donors (Lipinski definition) is 1. The Balaban J connectivity index is 3.25. The number of halogens is 1. The van der Waals surface area contributed by atoms with Crippen LogP contribution in [0.25, 0.3) is 0 Å². The second-order valence-corrected chi connectivity index (χ2v) is 4.53. The van der Waals surface area contributed by atoms with Crippen LogP contribution in [0.2, 0.25) is 5.02 Å². The first-order chi connectivity index (χ1) is 6.93. The van der Waals surface area contributed by atoms with Gasteiger partial charge in [-0.2, -0.15) is 0 Å². The van der Waals surface area contributed by atoms with E-state index in [0.29, 0.717) is 5.56 Å². The highest BCUT2D eigenvalue weighted by Crippen LogP contribution is 2.19. The van der Waals surface area contributed by atoms with Gasteiger partial charge in [0.1, 0.15) is 0 Å². The molecule has 0 heterocycles. The van der Waals surface area contributed by atoms with Gasteiger partial charge in [-0.25, -0.2) is 8.42 Å². The fourth-order valence-electron chi connectivity index (χ4n) is 1.04. The minimum absolute atomic E-state index is 0.0284. The third-order valence-electron chi connectivity index (χ3n) is 1.80. The minimum Gasteiger partial charge on any atom is -0.345 e. The molecule has 82 valence electrons. The predicted molar refractivity (Wildman–Crippen MR) is 58.1 cm³/mol. The number of nitrogens with zero attached hydrogens (tertiary/aromatic N) is 1. The Hall–Kier alpha value is -1.07. The van der Waals surface area contributed by atoms with E-state index in [1.165, 1.54) is 23.1 Å². The molecule has 0 bridgehead atoms. The fourth-order valence-corrected chi connectivity index (χ4v) is 1.86. The molecule has 0 saturated carbocycles. The zero-order valence-electron chi connectivity index (χ0n) is 8.23. The van der Waals surface area contributed by atoms with Gasteiger partial charge in [0.2, 0.25) is 0 Å². The van der Waals surface area contributed by atoms with Crippen LogP contribution in [0.1, 0.15) is 10.4 Å². The molecule has 0 fully saturated rings. The Bertz CT molecular complexity index is 460. The van der Waals surface area contributed by atoms with Crippen LogP contribution in [0.3, 0.4) is 0 Å². The average molecular weight is 248 g/mol. The van der Waals surface area contributed by atoms with Gasteiger partial charge in [0, 0.05) is 19.7 Å². The van der Waals surface area contributed by atoms with E-state index in [4.69, 9.17) is 11.6 Å². The summed E-state index contributed by atoms with van der Waals surface area (Å²) in [5.41, 5.74) is 0.304. The molecule has 15 heavy (non-hydrogen) atoms. The van der Waals surface area contributed by atoms with Crippen LogP contribution in [0.15, 0.2) is 23.1 Å². The van der Waals surface area contributed by atoms with Gasteiger partial charge in [-0.1, -0.05) is 11.6 Å². The number of carbonyl (C=O) groups excluding carboxylic acids is 1. The van der Waals surface area contributed by atoms with E-state index in [9.17, 15) is 13.2 Å². The largest absolute Gasteiger partial charge is 0.345 e. The number of benzene rings is 1. The zero-order valence-corrected chi connectivity index (χ0v) is 9.88. The Kier molecular flexibility index (Phi) is 3.71. The number of hydrogen-bond acceptors (Lipinski definition) is 3. The molecule has 0 aromatic heterocycles. The summed E-state index contributed by atoms with van der Waals surface area (Å²) in [7, 11) is 0.403. The third-order valence-corrected chi connectivity index (χ3v) is 3.02. The highest BCUT2D eigenvalue weighted by Gasteiger charge is 2.11. The third kappa shape index (κ3) is 2.70. The van der Waals surface area contributed by atoms with Crippen molar-refractivity contribution in [3.05, 3.63) is 28.8 Å².